The van der Waals surface area contributed by atoms with Gasteiger partial charge in [-0.2, -0.15) is 4.31 Å². The lowest BCUT2D eigenvalue weighted by Crippen LogP contribution is -2.31. The van der Waals surface area contributed by atoms with Crippen LogP contribution in [0.5, 0.6) is 0 Å². The van der Waals surface area contributed by atoms with Gasteiger partial charge in [-0.05, 0) is 31.9 Å². The number of oxazole rings is 1. The summed E-state index contributed by atoms with van der Waals surface area (Å²) in [4.78, 5) is 23.7. The van der Waals surface area contributed by atoms with Crippen LogP contribution < -0.4 is 5.76 Å². The summed E-state index contributed by atoms with van der Waals surface area (Å²) in [6.07, 6.45) is 3.73. The fraction of sp³-hybridized carbons (Fsp3) is 0.529. The summed E-state index contributed by atoms with van der Waals surface area (Å²) in [5, 5.41) is 0. The minimum absolute atomic E-state index is 0.0870. The summed E-state index contributed by atoms with van der Waals surface area (Å²) in [5.41, 5.74) is 0.494. The van der Waals surface area contributed by atoms with Crippen molar-refractivity contribution in [1.29, 1.82) is 0 Å². The van der Waals surface area contributed by atoms with Crippen LogP contribution in [0.2, 0.25) is 0 Å². The standard InChI is InChI=1S/C17H22N2O6S/c1-2-24-16(20)12-19-14-8-7-13(11-15(14)25-17(19)21)26(22,23)18-9-5-3-4-6-10-18/h7-8,11H,2-6,9-10,12H2,1H3. The van der Waals surface area contributed by atoms with Crippen LogP contribution in [-0.2, 0) is 26.1 Å². The number of carbonyl (C=O) groups excluding carboxylic acids is 1. The van der Waals surface area contributed by atoms with Crippen molar-refractivity contribution in [3.8, 4) is 0 Å². The zero-order chi connectivity index (χ0) is 18.7. The van der Waals surface area contributed by atoms with Crippen molar-refractivity contribution in [2.24, 2.45) is 0 Å². The van der Waals surface area contributed by atoms with Crippen molar-refractivity contribution in [3.63, 3.8) is 0 Å². The van der Waals surface area contributed by atoms with Crippen molar-refractivity contribution < 1.29 is 22.4 Å². The van der Waals surface area contributed by atoms with Crippen LogP contribution >= 0.6 is 0 Å². The van der Waals surface area contributed by atoms with E-state index in [1.165, 1.54) is 22.5 Å². The molecule has 0 aliphatic carbocycles. The van der Waals surface area contributed by atoms with Gasteiger partial charge in [-0.3, -0.25) is 9.36 Å². The lowest BCUT2D eigenvalue weighted by molar-refractivity contribution is -0.143. The highest BCUT2D eigenvalue weighted by molar-refractivity contribution is 7.89. The topological polar surface area (TPSA) is 98.8 Å². The Hall–Kier alpha value is -2.13. The number of hydrogen-bond donors (Lipinski definition) is 0. The maximum Gasteiger partial charge on any atom is 0.420 e. The lowest BCUT2D eigenvalue weighted by Gasteiger charge is -2.19. The molecule has 0 bridgehead atoms. The van der Waals surface area contributed by atoms with E-state index in [2.05, 4.69) is 0 Å². The zero-order valence-corrected chi connectivity index (χ0v) is 15.5. The second-order valence-electron chi connectivity index (χ2n) is 6.21. The van der Waals surface area contributed by atoms with E-state index in [0.717, 1.165) is 30.3 Å². The molecule has 0 spiro atoms. The molecule has 3 rings (SSSR count). The molecule has 1 aromatic carbocycles. The molecule has 0 saturated carbocycles. The van der Waals surface area contributed by atoms with Crippen molar-refractivity contribution in [2.75, 3.05) is 19.7 Å². The minimum Gasteiger partial charge on any atom is -0.465 e. The second kappa shape index (κ2) is 7.63. The summed E-state index contributed by atoms with van der Waals surface area (Å²) in [5.74, 6) is -1.28. The number of nitrogens with zero attached hydrogens (tertiary/aromatic N) is 2. The van der Waals surface area contributed by atoms with Crippen LogP contribution in [0.15, 0.2) is 32.3 Å². The predicted molar refractivity (Wildman–Crippen MR) is 94.3 cm³/mol. The molecule has 9 heteroatoms. The number of benzene rings is 1. The average molecular weight is 382 g/mol. The number of rotatable bonds is 5. The first kappa shape index (κ1) is 18.7. The van der Waals surface area contributed by atoms with Crippen LogP contribution in [0.4, 0.5) is 0 Å². The SMILES string of the molecule is CCOC(=O)Cn1c(=O)oc2cc(S(=O)(=O)N3CCCCCC3)ccc21. The van der Waals surface area contributed by atoms with Crippen molar-refractivity contribution in [2.45, 2.75) is 44.0 Å². The molecule has 8 nitrogen and oxygen atoms in total. The maximum absolute atomic E-state index is 12.9. The Morgan fingerprint density at radius 3 is 2.54 bits per heavy atom. The van der Waals surface area contributed by atoms with E-state index in [0.29, 0.717) is 18.6 Å². The van der Waals surface area contributed by atoms with Crippen molar-refractivity contribution in [1.82, 2.24) is 8.87 Å². The van der Waals surface area contributed by atoms with E-state index < -0.39 is 21.7 Å². The van der Waals surface area contributed by atoms with Gasteiger partial charge in [0, 0.05) is 19.2 Å². The third kappa shape index (κ3) is 3.68. The molecule has 0 unspecified atom stereocenters. The molecule has 142 valence electrons. The quantitative estimate of drug-likeness (QED) is 0.730. The average Bonchev–Trinajstić information content (AvgIpc) is 2.80. The van der Waals surface area contributed by atoms with Crippen molar-refractivity contribution >= 4 is 27.1 Å². The van der Waals surface area contributed by atoms with Gasteiger partial charge in [-0.25, -0.2) is 13.2 Å². The predicted octanol–water partition coefficient (Wildman–Crippen LogP) is 1.72. The number of sulfonamides is 1. The molecule has 1 aliphatic heterocycles. The third-order valence-corrected chi connectivity index (χ3v) is 6.33. The Balaban J connectivity index is 1.94. The number of ether oxygens (including phenoxy) is 1. The molecule has 0 atom stereocenters. The van der Waals surface area contributed by atoms with Gasteiger partial charge in [0.05, 0.1) is 17.0 Å². The molecule has 0 N–H and O–H groups in total. The fourth-order valence-electron chi connectivity index (χ4n) is 3.12. The monoisotopic (exact) mass is 382 g/mol. The Bertz CT molecular complexity index is 951. The fourth-order valence-corrected chi connectivity index (χ4v) is 4.66. The van der Waals surface area contributed by atoms with E-state index in [1.807, 2.05) is 0 Å². The smallest absolute Gasteiger partial charge is 0.420 e. The second-order valence-corrected chi connectivity index (χ2v) is 8.14. The Labute approximate surface area is 151 Å². The zero-order valence-electron chi connectivity index (χ0n) is 14.6. The Morgan fingerprint density at radius 2 is 1.88 bits per heavy atom. The number of hydrogen-bond acceptors (Lipinski definition) is 6. The molecule has 26 heavy (non-hydrogen) atoms. The van der Waals surface area contributed by atoms with Gasteiger partial charge in [0.15, 0.2) is 5.58 Å². The number of carbonyl (C=O) groups is 1. The van der Waals surface area contributed by atoms with Gasteiger partial charge in [0.2, 0.25) is 10.0 Å². The van der Waals surface area contributed by atoms with Gasteiger partial charge in [-0.1, -0.05) is 12.8 Å². The Morgan fingerprint density at radius 1 is 1.19 bits per heavy atom. The first-order chi connectivity index (χ1) is 12.4. The molecule has 1 aromatic heterocycles. The van der Waals surface area contributed by atoms with E-state index in [1.54, 1.807) is 6.92 Å². The highest BCUT2D eigenvalue weighted by Crippen LogP contribution is 2.24. The summed E-state index contributed by atoms with van der Waals surface area (Å²) in [7, 11) is -3.64. The van der Waals surface area contributed by atoms with Gasteiger partial charge in [0.25, 0.3) is 0 Å². The molecule has 1 saturated heterocycles. The highest BCUT2D eigenvalue weighted by atomic mass is 32.2. The van der Waals surface area contributed by atoms with E-state index >= 15 is 0 Å². The highest BCUT2D eigenvalue weighted by Gasteiger charge is 2.26. The first-order valence-electron chi connectivity index (χ1n) is 8.72. The first-order valence-corrected chi connectivity index (χ1v) is 10.2. The number of fused-ring (bicyclic) bond motifs is 1. The summed E-state index contributed by atoms with van der Waals surface area (Å²) < 4.78 is 38.3. The summed E-state index contributed by atoms with van der Waals surface area (Å²) >= 11 is 0. The molecule has 1 aliphatic rings. The van der Waals surface area contributed by atoms with Crippen molar-refractivity contribution in [3.05, 3.63) is 28.7 Å². The van der Waals surface area contributed by atoms with E-state index in [-0.39, 0.29) is 23.6 Å². The van der Waals surface area contributed by atoms with Gasteiger partial charge < -0.3 is 9.15 Å². The summed E-state index contributed by atoms with van der Waals surface area (Å²) in [6, 6.07) is 4.28. The lowest BCUT2D eigenvalue weighted by atomic mass is 10.2. The van der Waals surface area contributed by atoms with Crippen LogP contribution in [0, 0.1) is 0 Å². The van der Waals surface area contributed by atoms with Crippen LogP contribution in [0.25, 0.3) is 11.1 Å². The van der Waals surface area contributed by atoms with Crippen LogP contribution in [-0.4, -0.2) is 43.0 Å². The third-order valence-electron chi connectivity index (χ3n) is 4.44. The van der Waals surface area contributed by atoms with Gasteiger partial charge in [-0.15, -0.1) is 0 Å². The number of aromatic nitrogens is 1. The molecule has 2 heterocycles. The molecule has 2 aromatic rings. The molecule has 0 radical (unpaired) electrons. The summed E-state index contributed by atoms with van der Waals surface area (Å²) in [6.45, 7) is 2.59. The molecular weight excluding hydrogens is 360 g/mol. The van der Waals surface area contributed by atoms with Gasteiger partial charge >= 0.3 is 11.7 Å². The Kier molecular flexibility index (Phi) is 5.47. The van der Waals surface area contributed by atoms with Crippen LogP contribution in [0.3, 0.4) is 0 Å². The largest absolute Gasteiger partial charge is 0.465 e. The minimum atomic E-state index is -3.64. The normalized spacial score (nSPS) is 16.5. The molecular formula is C17H22N2O6S. The van der Waals surface area contributed by atoms with Gasteiger partial charge in [0.1, 0.15) is 6.54 Å². The van der Waals surface area contributed by atoms with Crippen LogP contribution in [0.1, 0.15) is 32.6 Å². The molecule has 1 fully saturated rings. The molecule has 0 amide bonds. The van der Waals surface area contributed by atoms with E-state index in [4.69, 9.17) is 9.15 Å². The maximum atomic E-state index is 12.9. The van der Waals surface area contributed by atoms with E-state index in [9.17, 15) is 18.0 Å². The number of esters is 1.